The summed E-state index contributed by atoms with van der Waals surface area (Å²) < 4.78 is 0. The molecular weight excluding hydrogens is 242 g/mol. The molecule has 1 aliphatic carbocycles. The van der Waals surface area contributed by atoms with Crippen molar-refractivity contribution in [3.05, 3.63) is 29.8 Å². The predicted octanol–water partition coefficient (Wildman–Crippen LogP) is 0.795. The molecule has 0 heterocycles. The molecule has 19 heavy (non-hydrogen) atoms. The average molecular weight is 261 g/mol. The summed E-state index contributed by atoms with van der Waals surface area (Å²) in [6, 6.07) is 7.25. The summed E-state index contributed by atoms with van der Waals surface area (Å²) in [5.74, 6) is -0.137. The summed E-state index contributed by atoms with van der Waals surface area (Å²) in [5.41, 5.74) is 6.76. The summed E-state index contributed by atoms with van der Waals surface area (Å²) in [4.78, 5) is 23.2. The zero-order valence-electron chi connectivity index (χ0n) is 11.0. The third kappa shape index (κ3) is 3.54. The summed E-state index contributed by atoms with van der Waals surface area (Å²) in [6.45, 7) is 2.52. The maximum Gasteiger partial charge on any atom is 0.244 e. The molecule has 5 heteroatoms. The predicted molar refractivity (Wildman–Crippen MR) is 73.6 cm³/mol. The minimum Gasteiger partial charge on any atom is -0.356 e. The van der Waals surface area contributed by atoms with Crippen molar-refractivity contribution in [1.29, 1.82) is 0 Å². The number of rotatable bonds is 5. The smallest absolute Gasteiger partial charge is 0.244 e. The van der Waals surface area contributed by atoms with E-state index in [4.69, 9.17) is 5.73 Å². The molecular formula is C14H19N3O2. The molecule has 102 valence electrons. The molecule has 2 amide bonds. The number of likely N-dealkylation sites (N-methyl/N-ethyl adjacent to an activating group) is 1. The molecule has 0 unspecified atom stereocenters. The Kier molecular flexibility index (Phi) is 3.85. The van der Waals surface area contributed by atoms with E-state index < -0.39 is 5.54 Å². The maximum absolute atomic E-state index is 11.7. The van der Waals surface area contributed by atoms with Crippen molar-refractivity contribution in [3.8, 4) is 0 Å². The third-order valence-corrected chi connectivity index (χ3v) is 3.19. The van der Waals surface area contributed by atoms with Gasteiger partial charge in [-0.25, -0.2) is 0 Å². The number of hydrogen-bond acceptors (Lipinski definition) is 3. The Morgan fingerprint density at radius 2 is 1.89 bits per heavy atom. The van der Waals surface area contributed by atoms with Crippen LogP contribution in [0.2, 0.25) is 0 Å². The Hall–Kier alpha value is -1.88. The second-order valence-electron chi connectivity index (χ2n) is 4.94. The second kappa shape index (κ2) is 5.40. The first-order chi connectivity index (χ1) is 9.03. The first-order valence-electron chi connectivity index (χ1n) is 6.49. The van der Waals surface area contributed by atoms with Gasteiger partial charge in [-0.2, -0.15) is 0 Å². The Morgan fingerprint density at radius 3 is 2.42 bits per heavy atom. The van der Waals surface area contributed by atoms with E-state index in [-0.39, 0.29) is 11.8 Å². The van der Waals surface area contributed by atoms with Crippen LogP contribution in [0.5, 0.6) is 0 Å². The molecule has 1 saturated carbocycles. The fraction of sp³-hybridized carbons (Fsp3) is 0.429. The molecule has 1 aliphatic rings. The summed E-state index contributed by atoms with van der Waals surface area (Å²) in [5, 5.41) is 5.53. The number of benzene rings is 1. The van der Waals surface area contributed by atoms with Gasteiger partial charge in [0, 0.05) is 12.2 Å². The van der Waals surface area contributed by atoms with E-state index in [9.17, 15) is 9.59 Å². The average Bonchev–Trinajstić information content (AvgIpc) is 3.11. The van der Waals surface area contributed by atoms with Crippen LogP contribution in [0.25, 0.3) is 0 Å². The van der Waals surface area contributed by atoms with Crippen LogP contribution in [0.3, 0.4) is 0 Å². The normalized spacial score (nSPS) is 15.7. The molecule has 2 rings (SSSR count). The van der Waals surface area contributed by atoms with Crippen LogP contribution in [-0.4, -0.2) is 23.9 Å². The summed E-state index contributed by atoms with van der Waals surface area (Å²) >= 11 is 0. The fourth-order valence-electron chi connectivity index (χ4n) is 1.77. The van der Waals surface area contributed by atoms with Gasteiger partial charge in [0.15, 0.2) is 0 Å². The molecule has 0 atom stereocenters. The molecule has 0 saturated heterocycles. The molecule has 0 radical (unpaired) electrons. The maximum atomic E-state index is 11.7. The van der Waals surface area contributed by atoms with Crippen molar-refractivity contribution in [2.24, 2.45) is 5.73 Å². The molecule has 0 aliphatic heterocycles. The number of nitrogens with two attached hydrogens (primary N) is 1. The topological polar surface area (TPSA) is 84.2 Å². The standard InChI is InChI=1S/C14H19N3O2/c1-2-16-12(18)9-10-3-5-11(6-4-10)17-13(19)14(15)7-8-14/h3-6H,2,7-9,15H2,1H3,(H,16,18)(H,17,19). The number of anilines is 1. The van der Waals surface area contributed by atoms with Gasteiger partial charge in [-0.05, 0) is 37.5 Å². The fourth-order valence-corrected chi connectivity index (χ4v) is 1.77. The largest absolute Gasteiger partial charge is 0.356 e. The SMILES string of the molecule is CCNC(=O)Cc1ccc(NC(=O)C2(N)CC2)cc1. The van der Waals surface area contributed by atoms with E-state index in [1.807, 2.05) is 19.1 Å². The molecule has 1 fully saturated rings. The van der Waals surface area contributed by atoms with Crippen molar-refractivity contribution in [2.45, 2.75) is 31.7 Å². The molecule has 0 bridgehead atoms. The quantitative estimate of drug-likeness (QED) is 0.733. The number of hydrogen-bond donors (Lipinski definition) is 3. The van der Waals surface area contributed by atoms with Crippen molar-refractivity contribution in [2.75, 3.05) is 11.9 Å². The zero-order valence-corrected chi connectivity index (χ0v) is 11.0. The Labute approximate surface area is 112 Å². The molecule has 1 aromatic rings. The second-order valence-corrected chi connectivity index (χ2v) is 4.94. The lowest BCUT2D eigenvalue weighted by Crippen LogP contribution is -2.37. The van der Waals surface area contributed by atoms with Gasteiger partial charge in [0.05, 0.1) is 12.0 Å². The lowest BCUT2D eigenvalue weighted by atomic mass is 10.1. The Balaban J connectivity index is 1.91. The molecule has 1 aromatic carbocycles. The number of carbonyl (C=O) groups is 2. The first kappa shape index (κ1) is 13.5. The van der Waals surface area contributed by atoms with Crippen molar-refractivity contribution < 1.29 is 9.59 Å². The summed E-state index contributed by atoms with van der Waals surface area (Å²) in [6.07, 6.45) is 1.84. The van der Waals surface area contributed by atoms with Crippen molar-refractivity contribution in [3.63, 3.8) is 0 Å². The van der Waals surface area contributed by atoms with E-state index in [0.29, 0.717) is 18.7 Å². The monoisotopic (exact) mass is 261 g/mol. The molecule has 5 nitrogen and oxygen atoms in total. The van der Waals surface area contributed by atoms with Gasteiger partial charge in [-0.15, -0.1) is 0 Å². The molecule has 4 N–H and O–H groups in total. The third-order valence-electron chi connectivity index (χ3n) is 3.19. The molecule has 0 spiro atoms. The zero-order chi connectivity index (χ0) is 13.9. The highest BCUT2D eigenvalue weighted by molar-refractivity contribution is 6.00. The lowest BCUT2D eigenvalue weighted by molar-refractivity contribution is -0.120. The Bertz CT molecular complexity index is 478. The van der Waals surface area contributed by atoms with Gasteiger partial charge >= 0.3 is 0 Å². The van der Waals surface area contributed by atoms with Crippen LogP contribution in [0, 0.1) is 0 Å². The number of amides is 2. The van der Waals surface area contributed by atoms with Gasteiger partial charge in [-0.3, -0.25) is 9.59 Å². The van der Waals surface area contributed by atoms with Crippen LogP contribution in [-0.2, 0) is 16.0 Å². The Morgan fingerprint density at radius 1 is 1.26 bits per heavy atom. The van der Waals surface area contributed by atoms with Crippen LogP contribution in [0.1, 0.15) is 25.3 Å². The van der Waals surface area contributed by atoms with Gasteiger partial charge < -0.3 is 16.4 Å². The van der Waals surface area contributed by atoms with E-state index in [2.05, 4.69) is 10.6 Å². The van der Waals surface area contributed by atoms with Crippen molar-refractivity contribution >= 4 is 17.5 Å². The lowest BCUT2D eigenvalue weighted by Gasteiger charge is -2.10. The summed E-state index contributed by atoms with van der Waals surface area (Å²) in [7, 11) is 0. The first-order valence-corrected chi connectivity index (χ1v) is 6.49. The van der Waals surface area contributed by atoms with Crippen molar-refractivity contribution in [1.82, 2.24) is 5.32 Å². The number of nitrogens with one attached hydrogen (secondary N) is 2. The minimum absolute atomic E-state index is 0.00169. The van der Waals surface area contributed by atoms with Crippen LogP contribution in [0.15, 0.2) is 24.3 Å². The van der Waals surface area contributed by atoms with E-state index in [1.54, 1.807) is 12.1 Å². The molecule has 0 aromatic heterocycles. The minimum atomic E-state index is -0.667. The highest BCUT2D eigenvalue weighted by Gasteiger charge is 2.45. The van der Waals surface area contributed by atoms with Crippen LogP contribution in [0.4, 0.5) is 5.69 Å². The van der Waals surface area contributed by atoms with Crippen LogP contribution >= 0.6 is 0 Å². The van der Waals surface area contributed by atoms with Gasteiger partial charge in [-0.1, -0.05) is 12.1 Å². The highest BCUT2D eigenvalue weighted by Crippen LogP contribution is 2.33. The highest BCUT2D eigenvalue weighted by atomic mass is 16.2. The van der Waals surface area contributed by atoms with E-state index >= 15 is 0 Å². The van der Waals surface area contributed by atoms with E-state index in [0.717, 1.165) is 18.4 Å². The van der Waals surface area contributed by atoms with Gasteiger partial charge in [0.25, 0.3) is 0 Å². The van der Waals surface area contributed by atoms with Gasteiger partial charge in [0.1, 0.15) is 0 Å². The van der Waals surface area contributed by atoms with Gasteiger partial charge in [0.2, 0.25) is 11.8 Å². The van der Waals surface area contributed by atoms with E-state index in [1.165, 1.54) is 0 Å². The van der Waals surface area contributed by atoms with Crippen LogP contribution < -0.4 is 16.4 Å². The number of carbonyl (C=O) groups excluding carboxylic acids is 2.